The van der Waals surface area contributed by atoms with Crippen LogP contribution in [0.3, 0.4) is 0 Å². The lowest BCUT2D eigenvalue weighted by Gasteiger charge is -2.34. The van der Waals surface area contributed by atoms with Crippen LogP contribution in [0.2, 0.25) is 0 Å². The van der Waals surface area contributed by atoms with Gasteiger partial charge in [0.15, 0.2) is 0 Å². The highest BCUT2D eigenvalue weighted by molar-refractivity contribution is 6.13. The Morgan fingerprint density at radius 3 is 1.79 bits per heavy atom. The summed E-state index contributed by atoms with van der Waals surface area (Å²) < 4.78 is 4.77. The minimum Gasteiger partial charge on any atom is -0.316 e. The fourth-order valence-corrected chi connectivity index (χ4v) is 8.26. The molecule has 0 spiro atoms. The maximum Gasteiger partial charge on any atom is 0.0714 e. The molecule has 0 saturated heterocycles. The Hall–Kier alpha value is -6.12. The van der Waals surface area contributed by atoms with Crippen molar-refractivity contribution in [2.75, 3.05) is 0 Å². The molecule has 2 aromatic heterocycles. The molecule has 47 heavy (non-hydrogen) atoms. The fraction of sp³-hybridized carbons (Fsp3) is 0.0222. The largest absolute Gasteiger partial charge is 0.316 e. The van der Waals surface area contributed by atoms with E-state index in [4.69, 9.17) is 0 Å². The van der Waals surface area contributed by atoms with Crippen LogP contribution in [0.5, 0.6) is 0 Å². The summed E-state index contributed by atoms with van der Waals surface area (Å²) in [6.45, 7) is 0. The van der Waals surface area contributed by atoms with Gasteiger partial charge in [-0.1, -0.05) is 127 Å². The summed E-state index contributed by atoms with van der Waals surface area (Å²) in [7, 11) is 0. The maximum atomic E-state index is 2.47. The number of aromatic nitrogens is 2. The van der Waals surface area contributed by atoms with Crippen LogP contribution in [-0.4, -0.2) is 9.13 Å². The lowest BCUT2D eigenvalue weighted by Crippen LogP contribution is -2.28. The van der Waals surface area contributed by atoms with Gasteiger partial charge in [-0.2, -0.15) is 0 Å². The first-order chi connectivity index (χ1) is 23.3. The Balaban J connectivity index is 1.30. The second kappa shape index (κ2) is 9.94. The van der Waals surface area contributed by atoms with Crippen LogP contribution in [0.4, 0.5) is 0 Å². The predicted octanol–water partition coefficient (Wildman–Crippen LogP) is 11.1. The van der Waals surface area contributed by atoms with E-state index in [9.17, 15) is 0 Å². The number of hydrogen-bond donors (Lipinski definition) is 0. The lowest BCUT2D eigenvalue weighted by atomic mass is 9.67. The van der Waals surface area contributed by atoms with Crippen molar-refractivity contribution in [3.63, 3.8) is 0 Å². The summed E-state index contributed by atoms with van der Waals surface area (Å²) in [5.41, 5.74) is 13.3. The van der Waals surface area contributed by atoms with E-state index >= 15 is 0 Å². The second-order valence-electron chi connectivity index (χ2n) is 12.6. The van der Waals surface area contributed by atoms with Crippen molar-refractivity contribution in [3.05, 3.63) is 204 Å². The highest BCUT2D eigenvalue weighted by Crippen LogP contribution is 2.56. The molecule has 0 bridgehead atoms. The monoisotopic (exact) mass is 598 g/mol. The van der Waals surface area contributed by atoms with Crippen molar-refractivity contribution in [2.24, 2.45) is 0 Å². The third kappa shape index (κ3) is 3.61. The van der Waals surface area contributed by atoms with E-state index in [1.165, 1.54) is 66.1 Å². The summed E-state index contributed by atoms with van der Waals surface area (Å²) in [5, 5.41) is 3.76. The van der Waals surface area contributed by atoms with E-state index in [2.05, 4.69) is 191 Å². The molecule has 0 saturated carbocycles. The van der Waals surface area contributed by atoms with Crippen LogP contribution in [0, 0.1) is 0 Å². The Bertz CT molecular complexity index is 2570. The number of hydrogen-bond acceptors (Lipinski definition) is 0. The Kier molecular flexibility index (Phi) is 5.53. The number of para-hydroxylation sites is 2. The summed E-state index contributed by atoms with van der Waals surface area (Å²) >= 11 is 0. The van der Waals surface area contributed by atoms with Gasteiger partial charge in [0.05, 0.1) is 22.0 Å². The molecule has 2 heteroatoms. The molecule has 10 rings (SSSR count). The zero-order valence-corrected chi connectivity index (χ0v) is 25.7. The third-order valence-electron chi connectivity index (χ3n) is 10.2. The molecular weight excluding hydrogens is 569 g/mol. The predicted molar refractivity (Wildman–Crippen MR) is 195 cm³/mol. The average Bonchev–Trinajstić information content (AvgIpc) is 3.80. The molecule has 1 aliphatic carbocycles. The number of rotatable bonds is 4. The van der Waals surface area contributed by atoms with Gasteiger partial charge in [0, 0.05) is 33.7 Å². The molecule has 0 radical (unpaired) electrons. The molecule has 220 valence electrons. The first kappa shape index (κ1) is 26.1. The second-order valence-corrected chi connectivity index (χ2v) is 12.6. The highest BCUT2D eigenvalue weighted by atomic mass is 15.0. The van der Waals surface area contributed by atoms with Crippen molar-refractivity contribution in [3.8, 4) is 22.5 Å². The summed E-state index contributed by atoms with van der Waals surface area (Å²) in [6.07, 6.45) is 2.19. The molecule has 1 aliphatic rings. The van der Waals surface area contributed by atoms with Gasteiger partial charge in [-0.05, 0) is 81.9 Å². The Morgan fingerprint density at radius 2 is 1.02 bits per heavy atom. The number of nitrogens with zero attached hydrogens (tertiary/aromatic N) is 2. The molecule has 0 atom stereocenters. The topological polar surface area (TPSA) is 9.86 Å². The van der Waals surface area contributed by atoms with Crippen LogP contribution < -0.4 is 0 Å². The van der Waals surface area contributed by atoms with Crippen LogP contribution in [0.1, 0.15) is 22.3 Å². The number of fused-ring (bicyclic) bond motifs is 7. The molecule has 0 fully saturated rings. The molecule has 7 aromatic carbocycles. The van der Waals surface area contributed by atoms with Crippen LogP contribution in [-0.2, 0) is 5.41 Å². The van der Waals surface area contributed by atoms with Gasteiger partial charge in [-0.3, -0.25) is 0 Å². The van der Waals surface area contributed by atoms with Gasteiger partial charge >= 0.3 is 0 Å². The van der Waals surface area contributed by atoms with Crippen molar-refractivity contribution < 1.29 is 0 Å². The van der Waals surface area contributed by atoms with E-state index in [1.54, 1.807) is 0 Å². The molecule has 9 aromatic rings. The standard InChI is InChI=1S/C45H30N2/c1-4-14-32(15-5-1)45(33-16-6-2-7-17-33)40-22-12-10-20-36(40)37-25-24-35(29-41(37)45)47-42-23-13-11-21-38(42)39-28-31-26-27-46(43(31)30-44(39)47)34-18-8-3-9-19-34/h1-30H. The Morgan fingerprint density at radius 1 is 0.383 bits per heavy atom. The summed E-state index contributed by atoms with van der Waals surface area (Å²) in [5.74, 6) is 0. The molecule has 0 N–H and O–H groups in total. The minimum atomic E-state index is -0.446. The zero-order chi connectivity index (χ0) is 31.0. The SMILES string of the molecule is c1ccc(-n2ccc3cc4c5ccccc5n(-c5ccc6c(c5)C(c5ccccc5)(c5ccccc5)c5ccccc5-6)c4cc32)cc1. The molecule has 0 unspecified atom stereocenters. The van der Waals surface area contributed by atoms with E-state index in [1.807, 2.05) is 0 Å². The molecule has 2 nitrogen and oxygen atoms in total. The van der Waals surface area contributed by atoms with Crippen molar-refractivity contribution in [1.29, 1.82) is 0 Å². The molecular formula is C45H30N2. The molecule has 0 aliphatic heterocycles. The molecule has 0 amide bonds. The third-order valence-corrected chi connectivity index (χ3v) is 10.2. The van der Waals surface area contributed by atoms with Gasteiger partial charge in [-0.15, -0.1) is 0 Å². The minimum absolute atomic E-state index is 0.446. The van der Waals surface area contributed by atoms with E-state index < -0.39 is 5.41 Å². The summed E-state index contributed by atoms with van der Waals surface area (Å²) in [6, 6.07) is 64.6. The smallest absolute Gasteiger partial charge is 0.0714 e. The fourth-order valence-electron chi connectivity index (χ4n) is 8.26. The quantitative estimate of drug-likeness (QED) is 0.191. The van der Waals surface area contributed by atoms with Gasteiger partial charge in [-0.25, -0.2) is 0 Å². The van der Waals surface area contributed by atoms with Gasteiger partial charge < -0.3 is 9.13 Å². The molecule has 2 heterocycles. The first-order valence-electron chi connectivity index (χ1n) is 16.3. The maximum absolute atomic E-state index is 2.47. The number of benzene rings is 7. The van der Waals surface area contributed by atoms with E-state index in [-0.39, 0.29) is 0 Å². The van der Waals surface area contributed by atoms with Crippen LogP contribution in [0.25, 0.3) is 55.2 Å². The van der Waals surface area contributed by atoms with E-state index in [0.717, 1.165) is 11.4 Å². The first-order valence-corrected chi connectivity index (χ1v) is 16.3. The van der Waals surface area contributed by atoms with Crippen molar-refractivity contribution in [2.45, 2.75) is 5.41 Å². The normalized spacial score (nSPS) is 13.3. The van der Waals surface area contributed by atoms with Crippen molar-refractivity contribution >= 4 is 32.7 Å². The van der Waals surface area contributed by atoms with Crippen LogP contribution in [0.15, 0.2) is 182 Å². The van der Waals surface area contributed by atoms with Gasteiger partial charge in [0.25, 0.3) is 0 Å². The van der Waals surface area contributed by atoms with Gasteiger partial charge in [0.1, 0.15) is 0 Å². The lowest BCUT2D eigenvalue weighted by molar-refractivity contribution is 0.767. The van der Waals surface area contributed by atoms with Gasteiger partial charge in [0.2, 0.25) is 0 Å². The van der Waals surface area contributed by atoms with E-state index in [0.29, 0.717) is 0 Å². The Labute approximate surface area is 273 Å². The highest BCUT2D eigenvalue weighted by Gasteiger charge is 2.46. The average molecular weight is 599 g/mol. The van der Waals surface area contributed by atoms with Crippen molar-refractivity contribution in [1.82, 2.24) is 9.13 Å². The summed E-state index contributed by atoms with van der Waals surface area (Å²) in [4.78, 5) is 0. The zero-order valence-electron chi connectivity index (χ0n) is 25.7. The van der Waals surface area contributed by atoms with Crippen LogP contribution >= 0.6 is 0 Å².